The first-order valence-corrected chi connectivity index (χ1v) is 11.3. The van der Waals surface area contributed by atoms with Gasteiger partial charge in [-0.2, -0.15) is 22.5 Å². The standard InChI is InChI=1S/C19H25N5O4S/c25-19-6-5-18(15-7-9-20-10-8-15)21-24(19)17-3-1-16(2-4-17)22-29(26,27)23-11-13-28-14-12-23/h5-10,16-17,22H,1-4,11-14H2. The summed E-state index contributed by atoms with van der Waals surface area (Å²) in [7, 11) is -3.50. The van der Waals surface area contributed by atoms with Crippen LogP contribution in [0, 0.1) is 0 Å². The van der Waals surface area contributed by atoms with Crippen molar-refractivity contribution in [1.82, 2.24) is 23.8 Å². The second-order valence-electron chi connectivity index (χ2n) is 7.38. The van der Waals surface area contributed by atoms with Crippen molar-refractivity contribution in [3.63, 3.8) is 0 Å². The summed E-state index contributed by atoms with van der Waals surface area (Å²) in [5.74, 6) is 0. The Morgan fingerprint density at radius 1 is 1.00 bits per heavy atom. The molecule has 2 fully saturated rings. The van der Waals surface area contributed by atoms with Gasteiger partial charge in [-0.15, -0.1) is 0 Å². The van der Waals surface area contributed by atoms with Crippen LogP contribution in [-0.4, -0.2) is 59.8 Å². The van der Waals surface area contributed by atoms with Crippen molar-refractivity contribution in [1.29, 1.82) is 0 Å². The van der Waals surface area contributed by atoms with Crippen molar-refractivity contribution in [2.24, 2.45) is 0 Å². The van der Waals surface area contributed by atoms with Crippen LogP contribution in [0.4, 0.5) is 0 Å². The maximum atomic E-state index is 12.5. The first-order chi connectivity index (χ1) is 14.0. The minimum absolute atomic E-state index is 0.0339. The van der Waals surface area contributed by atoms with Crippen molar-refractivity contribution in [3.05, 3.63) is 47.0 Å². The van der Waals surface area contributed by atoms with E-state index in [1.165, 1.54) is 10.4 Å². The van der Waals surface area contributed by atoms with Gasteiger partial charge in [0, 0.05) is 43.2 Å². The predicted molar refractivity (Wildman–Crippen MR) is 107 cm³/mol. The third-order valence-electron chi connectivity index (χ3n) is 5.47. The Morgan fingerprint density at radius 2 is 1.69 bits per heavy atom. The molecule has 2 aromatic rings. The molecule has 9 nitrogen and oxygen atoms in total. The molecule has 29 heavy (non-hydrogen) atoms. The van der Waals surface area contributed by atoms with E-state index in [4.69, 9.17) is 4.74 Å². The number of hydrogen-bond donors (Lipinski definition) is 1. The largest absolute Gasteiger partial charge is 0.379 e. The molecule has 10 heteroatoms. The van der Waals surface area contributed by atoms with Gasteiger partial charge in [-0.25, -0.2) is 4.68 Å². The molecule has 0 radical (unpaired) electrons. The summed E-state index contributed by atoms with van der Waals surface area (Å²) in [5, 5.41) is 4.55. The van der Waals surface area contributed by atoms with E-state index in [2.05, 4.69) is 14.8 Å². The summed E-state index contributed by atoms with van der Waals surface area (Å²) in [6, 6.07) is 6.81. The van der Waals surface area contributed by atoms with E-state index in [9.17, 15) is 13.2 Å². The molecule has 4 rings (SSSR count). The molecule has 0 aromatic carbocycles. The summed E-state index contributed by atoms with van der Waals surface area (Å²) < 4.78 is 36.1. The number of rotatable bonds is 5. The van der Waals surface area contributed by atoms with Gasteiger partial charge < -0.3 is 4.74 Å². The average Bonchev–Trinajstić information content (AvgIpc) is 2.76. The molecule has 3 heterocycles. The van der Waals surface area contributed by atoms with Crippen molar-refractivity contribution in [2.75, 3.05) is 26.3 Å². The molecule has 1 aliphatic heterocycles. The lowest BCUT2D eigenvalue weighted by atomic mass is 9.92. The lowest BCUT2D eigenvalue weighted by molar-refractivity contribution is 0.0721. The Balaban J connectivity index is 1.41. The van der Waals surface area contributed by atoms with E-state index in [0.717, 1.165) is 11.3 Å². The predicted octanol–water partition coefficient (Wildman–Crippen LogP) is 0.956. The number of morpholine rings is 1. The fourth-order valence-corrected chi connectivity index (χ4v) is 5.31. The van der Waals surface area contributed by atoms with Crippen LogP contribution in [0.25, 0.3) is 11.3 Å². The fraction of sp³-hybridized carbons (Fsp3) is 0.526. The molecule has 0 bridgehead atoms. The fourth-order valence-electron chi connectivity index (χ4n) is 3.87. The van der Waals surface area contributed by atoms with Gasteiger partial charge in [0.2, 0.25) is 0 Å². The zero-order valence-corrected chi connectivity index (χ0v) is 16.9. The topological polar surface area (TPSA) is 106 Å². The molecule has 0 unspecified atom stereocenters. The summed E-state index contributed by atoms with van der Waals surface area (Å²) >= 11 is 0. The second kappa shape index (κ2) is 8.70. The average molecular weight is 420 g/mol. The highest BCUT2D eigenvalue weighted by molar-refractivity contribution is 7.87. The first kappa shape index (κ1) is 20.1. The van der Waals surface area contributed by atoms with Crippen molar-refractivity contribution in [3.8, 4) is 11.3 Å². The normalized spacial score (nSPS) is 23.7. The number of nitrogens with zero attached hydrogens (tertiary/aromatic N) is 4. The van der Waals surface area contributed by atoms with Crippen LogP contribution in [0.15, 0.2) is 41.5 Å². The Morgan fingerprint density at radius 3 is 2.38 bits per heavy atom. The van der Waals surface area contributed by atoms with Gasteiger partial charge in [-0.1, -0.05) is 0 Å². The van der Waals surface area contributed by atoms with E-state index in [-0.39, 0.29) is 17.6 Å². The zero-order chi connectivity index (χ0) is 20.3. The van der Waals surface area contributed by atoms with Crippen LogP contribution in [0.1, 0.15) is 31.7 Å². The van der Waals surface area contributed by atoms with Crippen LogP contribution in [0.2, 0.25) is 0 Å². The highest BCUT2D eigenvalue weighted by Gasteiger charge is 2.30. The molecule has 0 atom stereocenters. The summed E-state index contributed by atoms with van der Waals surface area (Å²) in [4.78, 5) is 16.4. The second-order valence-corrected chi connectivity index (χ2v) is 9.08. The van der Waals surface area contributed by atoms with Gasteiger partial charge in [0.1, 0.15) is 0 Å². The lowest BCUT2D eigenvalue weighted by Gasteiger charge is -2.32. The van der Waals surface area contributed by atoms with Crippen molar-refractivity contribution >= 4 is 10.2 Å². The van der Waals surface area contributed by atoms with Crippen LogP contribution in [0.3, 0.4) is 0 Å². The monoisotopic (exact) mass is 419 g/mol. The molecular formula is C19H25N5O4S. The van der Waals surface area contributed by atoms with Gasteiger partial charge in [-0.3, -0.25) is 9.78 Å². The van der Waals surface area contributed by atoms with Crippen molar-refractivity contribution < 1.29 is 13.2 Å². The number of aromatic nitrogens is 3. The van der Waals surface area contributed by atoms with Gasteiger partial charge >= 0.3 is 0 Å². The van der Waals surface area contributed by atoms with Crippen LogP contribution in [0.5, 0.6) is 0 Å². The Bertz CT molecular complexity index is 981. The van der Waals surface area contributed by atoms with Crippen molar-refractivity contribution in [2.45, 2.75) is 37.8 Å². The molecule has 156 valence electrons. The van der Waals surface area contributed by atoms with Gasteiger partial charge in [0.05, 0.1) is 24.9 Å². The SMILES string of the molecule is O=c1ccc(-c2ccncc2)nn1C1CCC(NS(=O)(=O)N2CCOCC2)CC1. The number of nitrogens with one attached hydrogen (secondary N) is 1. The first-order valence-electron chi connectivity index (χ1n) is 9.88. The Kier molecular flexibility index (Phi) is 6.04. The maximum absolute atomic E-state index is 12.5. The van der Waals surface area contributed by atoms with Gasteiger partial charge in [-0.05, 0) is 43.9 Å². The van der Waals surface area contributed by atoms with E-state index >= 15 is 0 Å². The minimum Gasteiger partial charge on any atom is -0.379 e. The highest BCUT2D eigenvalue weighted by atomic mass is 32.2. The van der Waals surface area contributed by atoms with Gasteiger partial charge in [0.15, 0.2) is 0 Å². The van der Waals surface area contributed by atoms with E-state index in [0.29, 0.717) is 52.0 Å². The Labute approximate surface area is 169 Å². The lowest BCUT2D eigenvalue weighted by Crippen LogP contribution is -2.50. The quantitative estimate of drug-likeness (QED) is 0.774. The Hall–Kier alpha value is -2.14. The van der Waals surface area contributed by atoms with Crippen LogP contribution >= 0.6 is 0 Å². The van der Waals surface area contributed by atoms with Crippen LogP contribution in [-0.2, 0) is 14.9 Å². The van der Waals surface area contributed by atoms with E-state index < -0.39 is 10.2 Å². The molecule has 1 saturated heterocycles. The van der Waals surface area contributed by atoms with Crippen LogP contribution < -0.4 is 10.3 Å². The third kappa shape index (κ3) is 4.72. The number of ether oxygens (including phenoxy) is 1. The van der Waals surface area contributed by atoms with E-state index in [1.54, 1.807) is 23.1 Å². The molecular weight excluding hydrogens is 394 g/mol. The summed E-state index contributed by atoms with van der Waals surface area (Å²) in [6.07, 6.45) is 6.12. The maximum Gasteiger partial charge on any atom is 0.279 e. The minimum atomic E-state index is -3.50. The van der Waals surface area contributed by atoms with E-state index in [1.807, 2.05) is 12.1 Å². The smallest absolute Gasteiger partial charge is 0.279 e. The molecule has 1 aliphatic carbocycles. The molecule has 2 aliphatic rings. The van der Waals surface area contributed by atoms with Gasteiger partial charge in [0.25, 0.3) is 15.8 Å². The summed E-state index contributed by atoms with van der Waals surface area (Å²) in [5.41, 5.74) is 1.49. The summed E-state index contributed by atoms with van der Waals surface area (Å²) in [6.45, 7) is 1.61. The highest BCUT2D eigenvalue weighted by Crippen LogP contribution is 2.28. The zero-order valence-electron chi connectivity index (χ0n) is 16.1. The molecule has 0 spiro atoms. The molecule has 0 amide bonds. The number of hydrogen-bond acceptors (Lipinski definition) is 6. The molecule has 1 saturated carbocycles. The third-order valence-corrected chi connectivity index (χ3v) is 7.15. The number of pyridine rings is 1. The molecule has 1 N–H and O–H groups in total. The molecule has 2 aromatic heterocycles.